The number of hydrazine groups is 1. The van der Waals surface area contributed by atoms with Crippen molar-refractivity contribution < 1.29 is 29.0 Å². The SMILES string of the molecule is CCCC(NC(=O)C1CCCN2C(=O)CCC(NC)C(=O)N12)C(O)COC(=O)c1c(Cl)cccc1Cl. The third-order valence-electron chi connectivity index (χ3n) is 6.46. The zero-order chi connectivity index (χ0) is 26.4. The summed E-state index contributed by atoms with van der Waals surface area (Å²) in [5.74, 6) is -1.80. The number of fused-ring (bicyclic) bond motifs is 1. The number of carbonyl (C=O) groups is 4. The Morgan fingerprint density at radius 2 is 1.92 bits per heavy atom. The first-order chi connectivity index (χ1) is 17.2. The summed E-state index contributed by atoms with van der Waals surface area (Å²) in [4.78, 5) is 51.6. The fourth-order valence-corrected chi connectivity index (χ4v) is 5.08. The second-order valence-electron chi connectivity index (χ2n) is 8.90. The van der Waals surface area contributed by atoms with Gasteiger partial charge in [-0.15, -0.1) is 0 Å². The molecule has 36 heavy (non-hydrogen) atoms. The van der Waals surface area contributed by atoms with E-state index in [1.807, 2.05) is 6.92 Å². The molecular weight excluding hydrogens is 511 g/mol. The number of aliphatic hydroxyl groups excluding tert-OH is 1. The topological polar surface area (TPSA) is 128 Å². The van der Waals surface area contributed by atoms with Gasteiger partial charge in [-0.1, -0.05) is 42.6 Å². The van der Waals surface area contributed by atoms with Gasteiger partial charge in [-0.05, 0) is 44.9 Å². The smallest absolute Gasteiger partial charge is 0.341 e. The molecule has 0 aliphatic carbocycles. The summed E-state index contributed by atoms with van der Waals surface area (Å²) in [5, 5.41) is 19.4. The minimum Gasteiger partial charge on any atom is -0.459 e. The fraction of sp³-hybridized carbons (Fsp3) is 0.583. The lowest BCUT2D eigenvalue weighted by molar-refractivity contribution is -0.176. The van der Waals surface area contributed by atoms with E-state index < -0.39 is 42.7 Å². The summed E-state index contributed by atoms with van der Waals surface area (Å²) >= 11 is 12.1. The number of nitrogens with zero attached hydrogens (tertiary/aromatic N) is 2. The second kappa shape index (κ2) is 12.7. The van der Waals surface area contributed by atoms with E-state index in [0.717, 1.165) is 0 Å². The van der Waals surface area contributed by atoms with E-state index in [0.29, 0.717) is 38.6 Å². The number of carbonyl (C=O) groups excluding carboxylic acids is 4. The van der Waals surface area contributed by atoms with Gasteiger partial charge in [-0.3, -0.25) is 19.4 Å². The highest BCUT2D eigenvalue weighted by atomic mass is 35.5. The molecule has 198 valence electrons. The third kappa shape index (κ3) is 6.29. The highest BCUT2D eigenvalue weighted by Gasteiger charge is 2.44. The van der Waals surface area contributed by atoms with Crippen LogP contribution in [0.15, 0.2) is 18.2 Å². The van der Waals surface area contributed by atoms with Crippen molar-refractivity contribution >= 4 is 46.9 Å². The van der Waals surface area contributed by atoms with Crippen molar-refractivity contribution in [2.75, 3.05) is 20.2 Å². The Bertz CT molecular complexity index is 973. The number of halogens is 2. The Labute approximate surface area is 220 Å². The van der Waals surface area contributed by atoms with Crippen LogP contribution in [-0.2, 0) is 19.1 Å². The molecule has 0 radical (unpaired) electrons. The van der Waals surface area contributed by atoms with Crippen molar-refractivity contribution in [2.45, 2.75) is 69.7 Å². The highest BCUT2D eigenvalue weighted by Crippen LogP contribution is 2.26. The van der Waals surface area contributed by atoms with Crippen LogP contribution in [-0.4, -0.2) is 83.2 Å². The molecule has 4 unspecified atom stereocenters. The van der Waals surface area contributed by atoms with Gasteiger partial charge in [0.15, 0.2) is 0 Å². The van der Waals surface area contributed by atoms with E-state index in [-0.39, 0.29) is 33.8 Å². The Morgan fingerprint density at radius 3 is 2.56 bits per heavy atom. The van der Waals surface area contributed by atoms with Gasteiger partial charge in [0.25, 0.3) is 5.91 Å². The average Bonchev–Trinajstić information content (AvgIpc) is 2.98. The molecule has 0 saturated carbocycles. The highest BCUT2D eigenvalue weighted by molar-refractivity contribution is 6.39. The average molecular weight is 543 g/mol. The monoisotopic (exact) mass is 542 g/mol. The van der Waals surface area contributed by atoms with E-state index in [1.165, 1.54) is 22.2 Å². The summed E-state index contributed by atoms with van der Waals surface area (Å²) in [5.41, 5.74) is -0.00478. The van der Waals surface area contributed by atoms with E-state index in [2.05, 4.69) is 10.6 Å². The maximum Gasteiger partial charge on any atom is 0.341 e. The summed E-state index contributed by atoms with van der Waals surface area (Å²) in [6.45, 7) is 1.86. The Balaban J connectivity index is 1.70. The zero-order valence-electron chi connectivity index (χ0n) is 20.3. The van der Waals surface area contributed by atoms with Crippen molar-refractivity contribution in [2.24, 2.45) is 0 Å². The van der Waals surface area contributed by atoms with Crippen molar-refractivity contribution in [3.05, 3.63) is 33.8 Å². The molecule has 0 bridgehead atoms. The molecule has 0 spiro atoms. The van der Waals surface area contributed by atoms with E-state index >= 15 is 0 Å². The number of amides is 3. The summed E-state index contributed by atoms with van der Waals surface area (Å²) in [6, 6.07) is 2.39. The molecule has 1 aromatic rings. The van der Waals surface area contributed by atoms with Crippen molar-refractivity contribution in [1.82, 2.24) is 20.7 Å². The Hall–Kier alpha value is -2.40. The number of likely N-dealkylation sites (N-methyl/N-ethyl adjacent to an activating group) is 1. The molecule has 3 rings (SSSR count). The molecule has 4 atom stereocenters. The number of benzene rings is 1. The van der Waals surface area contributed by atoms with Crippen LogP contribution in [0.25, 0.3) is 0 Å². The number of rotatable bonds is 9. The van der Waals surface area contributed by atoms with Gasteiger partial charge in [0.1, 0.15) is 18.8 Å². The standard InChI is InChI=1S/C24H32Cl2N4O6/c1-3-6-16(19(31)13-36-24(35)21-14(25)7-4-8-15(21)26)28-22(33)18-9-5-12-29-20(32)11-10-17(27-2)23(34)30(18)29/h4,7-8,16-19,27,31H,3,5-6,9-13H2,1-2H3,(H,28,33). The van der Waals surface area contributed by atoms with Gasteiger partial charge < -0.3 is 20.5 Å². The first-order valence-corrected chi connectivity index (χ1v) is 12.8. The Morgan fingerprint density at radius 1 is 1.22 bits per heavy atom. The molecule has 3 amide bonds. The van der Waals surface area contributed by atoms with Gasteiger partial charge in [-0.2, -0.15) is 0 Å². The van der Waals surface area contributed by atoms with Crippen molar-refractivity contribution in [3.8, 4) is 0 Å². The number of hydrogen-bond donors (Lipinski definition) is 3. The van der Waals surface area contributed by atoms with Crippen LogP contribution in [0.4, 0.5) is 0 Å². The van der Waals surface area contributed by atoms with Crippen LogP contribution >= 0.6 is 23.2 Å². The number of aliphatic hydroxyl groups is 1. The van der Waals surface area contributed by atoms with Gasteiger partial charge in [-0.25, -0.2) is 9.80 Å². The molecule has 3 N–H and O–H groups in total. The zero-order valence-corrected chi connectivity index (χ0v) is 21.8. The van der Waals surface area contributed by atoms with Crippen LogP contribution in [0.1, 0.15) is 55.8 Å². The Kier molecular flexibility index (Phi) is 9.95. The van der Waals surface area contributed by atoms with Crippen molar-refractivity contribution in [3.63, 3.8) is 0 Å². The summed E-state index contributed by atoms with van der Waals surface area (Å²) < 4.78 is 5.23. The second-order valence-corrected chi connectivity index (χ2v) is 9.72. The van der Waals surface area contributed by atoms with E-state index in [9.17, 15) is 24.3 Å². The van der Waals surface area contributed by atoms with Crippen LogP contribution in [0.5, 0.6) is 0 Å². The van der Waals surface area contributed by atoms with Crippen LogP contribution < -0.4 is 10.6 Å². The molecule has 10 nitrogen and oxygen atoms in total. The normalized spacial score (nSPS) is 21.9. The van der Waals surface area contributed by atoms with Gasteiger partial charge in [0.05, 0.1) is 27.7 Å². The summed E-state index contributed by atoms with van der Waals surface area (Å²) in [7, 11) is 1.65. The minimum absolute atomic E-state index is 0.00478. The molecule has 1 aromatic carbocycles. The number of esters is 1. The third-order valence-corrected chi connectivity index (χ3v) is 7.09. The fourth-order valence-electron chi connectivity index (χ4n) is 4.53. The lowest BCUT2D eigenvalue weighted by Crippen LogP contribution is -2.64. The molecule has 2 fully saturated rings. The molecule has 2 aliphatic rings. The molecule has 2 heterocycles. The first kappa shape index (κ1) is 28.2. The van der Waals surface area contributed by atoms with Gasteiger partial charge in [0, 0.05) is 13.0 Å². The van der Waals surface area contributed by atoms with Crippen LogP contribution in [0.3, 0.4) is 0 Å². The molecule has 2 aliphatic heterocycles. The first-order valence-electron chi connectivity index (χ1n) is 12.1. The molecule has 12 heteroatoms. The van der Waals surface area contributed by atoms with Gasteiger partial charge in [0.2, 0.25) is 11.8 Å². The number of hydrogen-bond acceptors (Lipinski definition) is 7. The molecular formula is C24H32Cl2N4O6. The molecule has 2 saturated heterocycles. The van der Waals surface area contributed by atoms with E-state index in [1.54, 1.807) is 13.1 Å². The maximum atomic E-state index is 13.3. The van der Waals surface area contributed by atoms with Crippen LogP contribution in [0, 0.1) is 0 Å². The quantitative estimate of drug-likeness (QED) is 0.406. The van der Waals surface area contributed by atoms with Gasteiger partial charge >= 0.3 is 5.97 Å². The van der Waals surface area contributed by atoms with E-state index in [4.69, 9.17) is 27.9 Å². The number of ether oxygens (including phenoxy) is 1. The van der Waals surface area contributed by atoms with Crippen molar-refractivity contribution in [1.29, 1.82) is 0 Å². The largest absolute Gasteiger partial charge is 0.459 e. The predicted octanol–water partition coefficient (Wildman–Crippen LogP) is 1.91. The number of nitrogens with one attached hydrogen (secondary N) is 2. The predicted molar refractivity (Wildman–Crippen MR) is 133 cm³/mol. The lowest BCUT2D eigenvalue weighted by Gasteiger charge is -2.43. The molecule has 0 aromatic heterocycles. The lowest BCUT2D eigenvalue weighted by atomic mass is 10.0. The minimum atomic E-state index is -1.22. The van der Waals surface area contributed by atoms with Crippen LogP contribution in [0.2, 0.25) is 10.0 Å². The summed E-state index contributed by atoms with van der Waals surface area (Å²) in [6.07, 6.45) is 1.33. The maximum absolute atomic E-state index is 13.3.